The summed E-state index contributed by atoms with van der Waals surface area (Å²) in [4.78, 5) is 14.9. The fourth-order valence-corrected chi connectivity index (χ4v) is 3.40. The van der Waals surface area contributed by atoms with Crippen LogP contribution in [0.25, 0.3) is 22.0 Å². The highest BCUT2D eigenvalue weighted by Crippen LogP contribution is 2.35. The molecule has 0 amide bonds. The summed E-state index contributed by atoms with van der Waals surface area (Å²) >= 11 is 3.52. The van der Waals surface area contributed by atoms with Gasteiger partial charge in [-0.1, -0.05) is 0 Å². The van der Waals surface area contributed by atoms with E-state index < -0.39 is 0 Å². The van der Waals surface area contributed by atoms with Gasteiger partial charge in [-0.05, 0) is 52.7 Å². The maximum absolute atomic E-state index is 12.2. The summed E-state index contributed by atoms with van der Waals surface area (Å²) in [7, 11) is 3.63. The normalized spacial score (nSPS) is 10.9. The third-order valence-corrected chi connectivity index (χ3v) is 4.17. The Morgan fingerprint density at radius 3 is 2.73 bits per heavy atom. The lowest BCUT2D eigenvalue weighted by Crippen LogP contribution is -2.29. The number of hydrogen-bond donors (Lipinski definition) is 1. The number of halogens is 1. The van der Waals surface area contributed by atoms with Crippen molar-refractivity contribution in [2.24, 2.45) is 7.05 Å². The number of hydrogen-bond acceptors (Lipinski definition) is 2. The second-order valence-electron chi connectivity index (χ2n) is 5.22. The number of rotatable bonds is 2. The van der Waals surface area contributed by atoms with Crippen molar-refractivity contribution in [1.29, 1.82) is 0 Å². The maximum atomic E-state index is 12.2. The van der Waals surface area contributed by atoms with E-state index in [4.69, 9.17) is 4.74 Å². The van der Waals surface area contributed by atoms with E-state index in [1.54, 1.807) is 13.3 Å². The van der Waals surface area contributed by atoms with Crippen molar-refractivity contribution in [3.63, 3.8) is 0 Å². The molecule has 1 N–H and O–H groups in total. The van der Waals surface area contributed by atoms with Crippen molar-refractivity contribution >= 4 is 26.8 Å². The van der Waals surface area contributed by atoms with Crippen LogP contribution in [0.5, 0.6) is 5.75 Å². The molecule has 0 aliphatic rings. The minimum Gasteiger partial charge on any atom is -0.496 e. The number of benzene rings is 1. The molecule has 0 fully saturated rings. The molecule has 1 aromatic carbocycles. The first-order valence-electron chi connectivity index (χ1n) is 6.87. The predicted molar refractivity (Wildman–Crippen MR) is 90.2 cm³/mol. The third kappa shape index (κ3) is 2.31. The zero-order valence-electron chi connectivity index (χ0n) is 12.6. The van der Waals surface area contributed by atoms with Gasteiger partial charge >= 0.3 is 0 Å². The molecular weight excluding hydrogens is 344 g/mol. The molecule has 2 heterocycles. The van der Waals surface area contributed by atoms with Crippen LogP contribution < -0.4 is 14.9 Å². The Morgan fingerprint density at radius 2 is 2.05 bits per heavy atom. The highest BCUT2D eigenvalue weighted by atomic mass is 79.9. The molecule has 112 valence electrons. The number of nitrogens with one attached hydrogen (secondary N) is 1. The summed E-state index contributed by atoms with van der Waals surface area (Å²) in [5.74, 6) is 0.822. The molecule has 0 radical (unpaired) electrons. The molecular formula is C17H16BrN2O2+. The lowest BCUT2D eigenvalue weighted by atomic mass is 9.99. The van der Waals surface area contributed by atoms with Crippen LogP contribution in [0, 0.1) is 6.92 Å². The highest BCUT2D eigenvalue weighted by Gasteiger charge is 2.21. The van der Waals surface area contributed by atoms with E-state index in [0.717, 1.165) is 32.3 Å². The van der Waals surface area contributed by atoms with E-state index in [2.05, 4.69) is 20.9 Å². The smallest absolute Gasteiger partial charge is 0.256 e. The molecule has 5 heteroatoms. The van der Waals surface area contributed by atoms with E-state index >= 15 is 0 Å². The van der Waals surface area contributed by atoms with Crippen molar-refractivity contribution in [1.82, 2.24) is 4.98 Å². The van der Waals surface area contributed by atoms with Gasteiger partial charge in [-0.15, -0.1) is 0 Å². The van der Waals surface area contributed by atoms with E-state index in [1.807, 2.05) is 49.0 Å². The first kappa shape index (κ1) is 14.8. The van der Waals surface area contributed by atoms with Gasteiger partial charge in [0.1, 0.15) is 12.8 Å². The van der Waals surface area contributed by atoms with Crippen molar-refractivity contribution < 1.29 is 9.30 Å². The molecule has 0 aliphatic heterocycles. The lowest BCUT2D eigenvalue weighted by Gasteiger charge is -2.12. The summed E-state index contributed by atoms with van der Waals surface area (Å²) in [6.07, 6.45) is 3.61. The lowest BCUT2D eigenvalue weighted by molar-refractivity contribution is -0.645. The van der Waals surface area contributed by atoms with Gasteiger partial charge in [-0.25, -0.2) is 0 Å². The second-order valence-corrected chi connectivity index (χ2v) is 6.13. The van der Waals surface area contributed by atoms with Crippen molar-refractivity contribution in [2.45, 2.75) is 6.92 Å². The largest absolute Gasteiger partial charge is 0.496 e. The van der Waals surface area contributed by atoms with Crippen molar-refractivity contribution in [3.8, 4) is 16.9 Å². The Kier molecular flexibility index (Phi) is 3.74. The molecule has 0 spiro atoms. The number of ether oxygens (including phenoxy) is 1. The SMILES string of the molecule is COc1c(C)cc(-c2ccc[nH]c2=O)c2c1cc(Br)c[n+]2C. The predicted octanol–water partition coefficient (Wildman–Crippen LogP) is 3.10. The number of nitrogens with zero attached hydrogens (tertiary/aromatic N) is 1. The number of aromatic nitrogens is 2. The number of H-pyrrole nitrogens is 1. The minimum absolute atomic E-state index is 0.101. The minimum atomic E-state index is -0.101. The van der Waals surface area contributed by atoms with Crippen LogP contribution in [0.3, 0.4) is 0 Å². The summed E-state index contributed by atoms with van der Waals surface area (Å²) in [6.45, 7) is 1.99. The van der Waals surface area contributed by atoms with E-state index in [1.165, 1.54) is 0 Å². The van der Waals surface area contributed by atoms with Crippen LogP contribution in [-0.4, -0.2) is 12.1 Å². The Labute approximate surface area is 136 Å². The van der Waals surface area contributed by atoms with E-state index in [9.17, 15) is 4.79 Å². The van der Waals surface area contributed by atoms with Gasteiger partial charge in [0.25, 0.3) is 5.56 Å². The van der Waals surface area contributed by atoms with Crippen LogP contribution in [0.15, 0.2) is 45.9 Å². The summed E-state index contributed by atoms with van der Waals surface area (Å²) in [5.41, 5.74) is 3.39. The maximum Gasteiger partial charge on any atom is 0.256 e. The summed E-state index contributed by atoms with van der Waals surface area (Å²) < 4.78 is 8.53. The van der Waals surface area contributed by atoms with Gasteiger partial charge in [0.05, 0.1) is 28.1 Å². The molecule has 0 atom stereocenters. The first-order valence-corrected chi connectivity index (χ1v) is 7.66. The van der Waals surface area contributed by atoms with Crippen LogP contribution in [0.1, 0.15) is 5.56 Å². The van der Waals surface area contributed by atoms with Crippen molar-refractivity contribution in [2.75, 3.05) is 7.11 Å². The summed E-state index contributed by atoms with van der Waals surface area (Å²) in [6, 6.07) is 7.68. The van der Waals surface area contributed by atoms with Crippen LogP contribution in [0.4, 0.5) is 0 Å². The zero-order valence-corrected chi connectivity index (χ0v) is 14.2. The van der Waals surface area contributed by atoms with Gasteiger partial charge in [0.15, 0.2) is 6.20 Å². The fraction of sp³-hybridized carbons (Fsp3) is 0.176. The number of pyridine rings is 2. The van der Waals surface area contributed by atoms with Gasteiger partial charge in [0, 0.05) is 6.20 Å². The molecule has 0 saturated carbocycles. The number of fused-ring (bicyclic) bond motifs is 1. The Morgan fingerprint density at radius 1 is 1.27 bits per heavy atom. The molecule has 3 aromatic rings. The van der Waals surface area contributed by atoms with Crippen LogP contribution >= 0.6 is 15.9 Å². The molecule has 0 aliphatic carbocycles. The molecule has 4 nitrogen and oxygen atoms in total. The highest BCUT2D eigenvalue weighted by molar-refractivity contribution is 9.10. The fourth-order valence-electron chi connectivity index (χ4n) is 2.86. The van der Waals surface area contributed by atoms with Crippen LogP contribution in [-0.2, 0) is 7.05 Å². The van der Waals surface area contributed by atoms with E-state index in [-0.39, 0.29) is 5.56 Å². The Bertz CT molecular complexity index is 932. The molecule has 0 saturated heterocycles. The van der Waals surface area contributed by atoms with Gasteiger partial charge in [-0.2, -0.15) is 4.57 Å². The molecule has 0 unspecified atom stereocenters. The zero-order chi connectivity index (χ0) is 15.9. The Balaban J connectivity index is 2.52. The van der Waals surface area contributed by atoms with Crippen molar-refractivity contribution in [3.05, 3.63) is 57.0 Å². The topological polar surface area (TPSA) is 46.0 Å². The number of methoxy groups -OCH3 is 1. The summed E-state index contributed by atoms with van der Waals surface area (Å²) in [5, 5.41) is 0.970. The van der Waals surface area contributed by atoms with E-state index in [0.29, 0.717) is 5.56 Å². The standard InChI is InChI=1S/C17H15BrN2O2/c1-10-7-13(12-5-4-6-19-17(12)21)15-14(16(10)22-3)8-11(18)9-20(15)2/h4-9H,1-3H3/p+1. The quantitative estimate of drug-likeness (QED) is 0.714. The monoisotopic (exact) mass is 359 g/mol. The molecule has 0 bridgehead atoms. The number of aryl methyl sites for hydroxylation is 2. The van der Waals surface area contributed by atoms with Gasteiger partial charge in [0.2, 0.25) is 5.52 Å². The van der Waals surface area contributed by atoms with Crippen LogP contribution in [0.2, 0.25) is 0 Å². The first-order chi connectivity index (χ1) is 10.5. The molecule has 2 aromatic heterocycles. The van der Waals surface area contributed by atoms with Gasteiger partial charge in [-0.3, -0.25) is 4.79 Å². The average molecular weight is 360 g/mol. The number of aromatic amines is 1. The molecule has 22 heavy (non-hydrogen) atoms. The average Bonchev–Trinajstić information content (AvgIpc) is 2.46. The van der Waals surface area contributed by atoms with Gasteiger partial charge < -0.3 is 9.72 Å². The second kappa shape index (κ2) is 5.57. The Hall–Kier alpha value is -2.14. The third-order valence-electron chi connectivity index (χ3n) is 3.74. The molecule has 3 rings (SSSR count).